The minimum atomic E-state index is -0.482. The highest BCUT2D eigenvalue weighted by Gasteiger charge is 2.15. The smallest absolute Gasteiger partial charge is 0.273 e. The van der Waals surface area contributed by atoms with Gasteiger partial charge in [0, 0.05) is 17.7 Å². The summed E-state index contributed by atoms with van der Waals surface area (Å²) in [6, 6.07) is 11.3. The summed E-state index contributed by atoms with van der Waals surface area (Å²) >= 11 is 0. The van der Waals surface area contributed by atoms with Crippen molar-refractivity contribution in [2.45, 2.75) is 13.0 Å². The van der Waals surface area contributed by atoms with Crippen LogP contribution in [0.4, 0.5) is 5.69 Å². The Labute approximate surface area is 122 Å². The van der Waals surface area contributed by atoms with Crippen molar-refractivity contribution in [2.75, 3.05) is 7.11 Å². The second-order valence-electron chi connectivity index (χ2n) is 4.52. The van der Waals surface area contributed by atoms with E-state index in [9.17, 15) is 10.1 Å². The summed E-state index contributed by atoms with van der Waals surface area (Å²) in [5.74, 6) is 1.24. The van der Waals surface area contributed by atoms with E-state index in [0.717, 1.165) is 5.56 Å². The van der Waals surface area contributed by atoms with Gasteiger partial charge in [0.2, 0.25) is 0 Å². The third-order valence-electron chi connectivity index (χ3n) is 2.99. The van der Waals surface area contributed by atoms with Crippen LogP contribution in [0.5, 0.6) is 17.2 Å². The van der Waals surface area contributed by atoms with Gasteiger partial charge in [0.1, 0.15) is 5.75 Å². The van der Waals surface area contributed by atoms with Crippen molar-refractivity contribution in [3.63, 3.8) is 0 Å². The van der Waals surface area contributed by atoms with Crippen LogP contribution < -0.4 is 15.2 Å². The molecule has 6 heteroatoms. The lowest BCUT2D eigenvalue weighted by atomic mass is 10.1. The first-order valence-electron chi connectivity index (χ1n) is 6.37. The first-order valence-corrected chi connectivity index (χ1v) is 6.37. The lowest BCUT2D eigenvalue weighted by Gasteiger charge is -2.15. The largest absolute Gasteiger partial charge is 0.493 e. The molecule has 0 amide bonds. The number of nitrogens with two attached hydrogens (primary N) is 1. The van der Waals surface area contributed by atoms with E-state index in [1.807, 2.05) is 25.1 Å². The molecule has 1 atom stereocenters. The Balaban J connectivity index is 2.43. The van der Waals surface area contributed by atoms with Gasteiger partial charge in [-0.15, -0.1) is 0 Å². The zero-order valence-electron chi connectivity index (χ0n) is 11.8. The molecule has 0 aliphatic carbocycles. The zero-order chi connectivity index (χ0) is 15.4. The third kappa shape index (κ3) is 3.29. The first kappa shape index (κ1) is 14.8. The lowest BCUT2D eigenvalue weighted by molar-refractivity contribution is -0.384. The molecule has 1 unspecified atom stereocenters. The maximum Gasteiger partial charge on any atom is 0.273 e. The summed E-state index contributed by atoms with van der Waals surface area (Å²) in [5.41, 5.74) is 6.64. The number of benzene rings is 2. The normalized spacial score (nSPS) is 11.8. The summed E-state index contributed by atoms with van der Waals surface area (Å²) in [5, 5.41) is 10.9. The minimum Gasteiger partial charge on any atom is -0.493 e. The Morgan fingerprint density at radius 1 is 1.14 bits per heavy atom. The average Bonchev–Trinajstić information content (AvgIpc) is 2.47. The summed E-state index contributed by atoms with van der Waals surface area (Å²) in [6.45, 7) is 1.84. The van der Waals surface area contributed by atoms with Crippen LogP contribution in [0.15, 0.2) is 42.5 Å². The SMILES string of the molecule is COc1ccc([N+](=O)[O-])cc1Oc1ccccc1C(C)N. The van der Waals surface area contributed by atoms with Crippen molar-refractivity contribution in [1.29, 1.82) is 0 Å². The zero-order valence-corrected chi connectivity index (χ0v) is 11.8. The van der Waals surface area contributed by atoms with Gasteiger partial charge in [-0.05, 0) is 19.1 Å². The van der Waals surface area contributed by atoms with E-state index in [2.05, 4.69) is 0 Å². The van der Waals surface area contributed by atoms with E-state index < -0.39 is 4.92 Å². The molecule has 2 aromatic carbocycles. The van der Waals surface area contributed by atoms with Crippen LogP contribution in [0, 0.1) is 10.1 Å². The fraction of sp³-hybridized carbons (Fsp3) is 0.200. The number of nitro benzene ring substituents is 1. The third-order valence-corrected chi connectivity index (χ3v) is 2.99. The molecule has 6 nitrogen and oxygen atoms in total. The molecule has 0 heterocycles. The molecule has 0 fully saturated rings. The van der Waals surface area contributed by atoms with Gasteiger partial charge in [-0.1, -0.05) is 18.2 Å². The summed E-state index contributed by atoms with van der Waals surface area (Å²) < 4.78 is 10.9. The predicted molar refractivity (Wildman–Crippen MR) is 78.8 cm³/mol. The molecular formula is C15H16N2O4. The van der Waals surface area contributed by atoms with Crippen LogP contribution in [-0.4, -0.2) is 12.0 Å². The second kappa shape index (κ2) is 6.23. The number of nitro groups is 1. The molecule has 2 aromatic rings. The Kier molecular flexibility index (Phi) is 4.39. The Bertz CT molecular complexity index is 656. The standard InChI is InChI=1S/C15H16N2O4/c1-10(16)12-5-3-4-6-13(12)21-15-9-11(17(18)19)7-8-14(15)20-2/h3-10H,16H2,1-2H3. The van der Waals surface area contributed by atoms with Crippen LogP contribution in [0.3, 0.4) is 0 Å². The van der Waals surface area contributed by atoms with Crippen LogP contribution in [0.25, 0.3) is 0 Å². The molecular weight excluding hydrogens is 272 g/mol. The fourth-order valence-electron chi connectivity index (χ4n) is 1.93. The molecule has 2 N–H and O–H groups in total. The van der Waals surface area contributed by atoms with E-state index in [1.54, 1.807) is 6.07 Å². The molecule has 110 valence electrons. The van der Waals surface area contributed by atoms with Crippen molar-refractivity contribution in [2.24, 2.45) is 5.73 Å². The van der Waals surface area contributed by atoms with Crippen LogP contribution in [-0.2, 0) is 0 Å². The second-order valence-corrected chi connectivity index (χ2v) is 4.52. The van der Waals surface area contributed by atoms with E-state index in [4.69, 9.17) is 15.2 Å². The fourth-order valence-corrected chi connectivity index (χ4v) is 1.93. The van der Waals surface area contributed by atoms with Crippen LogP contribution >= 0.6 is 0 Å². The highest BCUT2D eigenvalue weighted by molar-refractivity contribution is 5.51. The van der Waals surface area contributed by atoms with E-state index in [-0.39, 0.29) is 17.5 Å². The summed E-state index contributed by atoms with van der Waals surface area (Å²) in [7, 11) is 1.48. The number of non-ortho nitro benzene ring substituents is 1. The van der Waals surface area contributed by atoms with Crippen molar-refractivity contribution < 1.29 is 14.4 Å². The molecule has 0 saturated heterocycles. The highest BCUT2D eigenvalue weighted by atomic mass is 16.6. The van der Waals surface area contributed by atoms with E-state index in [0.29, 0.717) is 11.5 Å². The number of hydrogen-bond donors (Lipinski definition) is 1. The maximum absolute atomic E-state index is 10.9. The molecule has 0 aromatic heterocycles. The average molecular weight is 288 g/mol. The number of nitrogens with zero attached hydrogens (tertiary/aromatic N) is 1. The van der Waals surface area contributed by atoms with E-state index in [1.165, 1.54) is 25.3 Å². The van der Waals surface area contributed by atoms with Crippen molar-refractivity contribution >= 4 is 5.69 Å². The molecule has 0 spiro atoms. The molecule has 0 bridgehead atoms. The van der Waals surface area contributed by atoms with Crippen molar-refractivity contribution in [3.8, 4) is 17.2 Å². The summed E-state index contributed by atoms with van der Waals surface area (Å²) in [4.78, 5) is 10.4. The Hall–Kier alpha value is -2.60. The number of methoxy groups -OCH3 is 1. The highest BCUT2D eigenvalue weighted by Crippen LogP contribution is 2.36. The summed E-state index contributed by atoms with van der Waals surface area (Å²) in [6.07, 6.45) is 0. The van der Waals surface area contributed by atoms with Gasteiger partial charge in [0.05, 0.1) is 18.1 Å². The number of rotatable bonds is 5. The van der Waals surface area contributed by atoms with Gasteiger partial charge >= 0.3 is 0 Å². The van der Waals surface area contributed by atoms with Gasteiger partial charge in [0.25, 0.3) is 5.69 Å². The number of ether oxygens (including phenoxy) is 2. The number of para-hydroxylation sites is 1. The van der Waals surface area contributed by atoms with Crippen LogP contribution in [0.1, 0.15) is 18.5 Å². The Morgan fingerprint density at radius 2 is 1.86 bits per heavy atom. The van der Waals surface area contributed by atoms with Crippen molar-refractivity contribution in [1.82, 2.24) is 0 Å². The predicted octanol–water partition coefficient (Wildman–Crippen LogP) is 3.42. The Morgan fingerprint density at radius 3 is 2.48 bits per heavy atom. The lowest BCUT2D eigenvalue weighted by Crippen LogP contribution is -2.06. The van der Waals surface area contributed by atoms with Gasteiger partial charge in [-0.2, -0.15) is 0 Å². The molecule has 0 radical (unpaired) electrons. The first-order chi connectivity index (χ1) is 10.0. The molecule has 2 rings (SSSR count). The van der Waals surface area contributed by atoms with Gasteiger partial charge in [0.15, 0.2) is 11.5 Å². The maximum atomic E-state index is 10.9. The van der Waals surface area contributed by atoms with Crippen molar-refractivity contribution in [3.05, 3.63) is 58.1 Å². The molecule has 0 aliphatic rings. The molecule has 0 saturated carbocycles. The quantitative estimate of drug-likeness (QED) is 0.672. The number of hydrogen-bond acceptors (Lipinski definition) is 5. The van der Waals surface area contributed by atoms with Gasteiger partial charge in [-0.3, -0.25) is 10.1 Å². The topological polar surface area (TPSA) is 87.6 Å². The molecule has 21 heavy (non-hydrogen) atoms. The van der Waals surface area contributed by atoms with Gasteiger partial charge in [-0.25, -0.2) is 0 Å². The van der Waals surface area contributed by atoms with Gasteiger partial charge < -0.3 is 15.2 Å². The molecule has 0 aliphatic heterocycles. The minimum absolute atomic E-state index is 0.0657. The monoisotopic (exact) mass is 288 g/mol. The van der Waals surface area contributed by atoms with E-state index >= 15 is 0 Å². The van der Waals surface area contributed by atoms with Crippen LogP contribution in [0.2, 0.25) is 0 Å².